The topological polar surface area (TPSA) is 45.2 Å². The first-order chi connectivity index (χ1) is 8.11. The van der Waals surface area contributed by atoms with E-state index in [1.165, 1.54) is 0 Å². The molecule has 0 aliphatic rings. The van der Waals surface area contributed by atoms with E-state index in [1.54, 1.807) is 11.1 Å². The molecule has 1 N–H and O–H groups in total. The van der Waals surface area contributed by atoms with Crippen LogP contribution in [0.5, 0.6) is 0 Å². The second kappa shape index (κ2) is 7.01. The smallest absolute Gasteiger partial charge is 0.236 e. The Morgan fingerprint density at radius 2 is 2.24 bits per heavy atom. The van der Waals surface area contributed by atoms with E-state index in [9.17, 15) is 4.79 Å². The molecule has 0 radical (unpaired) electrons. The third-order valence-electron chi connectivity index (χ3n) is 2.73. The summed E-state index contributed by atoms with van der Waals surface area (Å²) in [5.41, 5.74) is 1.05. The molecule has 0 spiro atoms. The zero-order chi connectivity index (χ0) is 12.7. The van der Waals surface area contributed by atoms with Crippen LogP contribution in [-0.2, 0) is 11.2 Å². The molecule has 0 saturated carbocycles. The molecule has 0 fully saturated rings. The number of likely N-dealkylation sites (N-methyl/N-ethyl adjacent to an activating group) is 1. The fourth-order valence-corrected chi connectivity index (χ4v) is 1.37. The zero-order valence-electron chi connectivity index (χ0n) is 10.8. The molecule has 94 valence electrons. The van der Waals surface area contributed by atoms with Gasteiger partial charge in [-0.1, -0.05) is 6.07 Å². The third-order valence-corrected chi connectivity index (χ3v) is 2.73. The summed E-state index contributed by atoms with van der Waals surface area (Å²) in [6.07, 6.45) is 2.63. The predicted octanol–water partition coefficient (Wildman–Crippen LogP) is 1.08. The highest BCUT2D eigenvalue weighted by Crippen LogP contribution is 1.94. The Bertz CT molecular complexity index is 338. The van der Waals surface area contributed by atoms with Crippen LogP contribution < -0.4 is 5.32 Å². The number of nitrogens with zero attached hydrogens (tertiary/aromatic N) is 2. The maximum atomic E-state index is 11.6. The summed E-state index contributed by atoms with van der Waals surface area (Å²) in [7, 11) is 1.83. The van der Waals surface area contributed by atoms with Gasteiger partial charge in [-0.3, -0.25) is 9.78 Å². The van der Waals surface area contributed by atoms with Crippen LogP contribution in [0, 0.1) is 0 Å². The van der Waals surface area contributed by atoms with Crippen LogP contribution in [0.4, 0.5) is 0 Å². The van der Waals surface area contributed by atoms with Crippen molar-refractivity contribution >= 4 is 5.91 Å². The molecule has 0 aliphatic carbocycles. The summed E-state index contributed by atoms with van der Waals surface area (Å²) in [5.74, 6) is 0.126. The first-order valence-electron chi connectivity index (χ1n) is 5.97. The second-order valence-corrected chi connectivity index (χ2v) is 4.35. The highest BCUT2D eigenvalue weighted by atomic mass is 16.2. The number of aromatic nitrogens is 1. The van der Waals surface area contributed by atoms with Gasteiger partial charge in [-0.25, -0.2) is 0 Å². The van der Waals surface area contributed by atoms with Crippen molar-refractivity contribution in [1.29, 1.82) is 0 Å². The Labute approximate surface area is 103 Å². The number of carbonyl (C=O) groups is 1. The molecule has 17 heavy (non-hydrogen) atoms. The minimum atomic E-state index is 0.126. The normalized spacial score (nSPS) is 10.6. The molecule has 0 saturated heterocycles. The lowest BCUT2D eigenvalue weighted by Crippen LogP contribution is -2.39. The van der Waals surface area contributed by atoms with Crippen LogP contribution in [0.3, 0.4) is 0 Å². The SMILES string of the molecule is CC(C)N(C)C(=O)CNCCc1ccccn1. The van der Waals surface area contributed by atoms with Crippen LogP contribution in [-0.4, -0.2) is 42.0 Å². The molecule has 1 aromatic heterocycles. The van der Waals surface area contributed by atoms with Gasteiger partial charge < -0.3 is 10.2 Å². The van der Waals surface area contributed by atoms with Crippen LogP contribution in [0.2, 0.25) is 0 Å². The van der Waals surface area contributed by atoms with Crippen LogP contribution in [0.1, 0.15) is 19.5 Å². The van der Waals surface area contributed by atoms with Gasteiger partial charge in [0.25, 0.3) is 0 Å². The fraction of sp³-hybridized carbons (Fsp3) is 0.538. The standard InChI is InChI=1S/C13H21N3O/c1-11(2)16(3)13(17)10-14-9-7-12-6-4-5-8-15-12/h4-6,8,11,14H,7,9-10H2,1-3H3. The van der Waals surface area contributed by atoms with Gasteiger partial charge in [0, 0.05) is 37.9 Å². The molecule has 0 unspecified atom stereocenters. The molecule has 0 aliphatic heterocycles. The summed E-state index contributed by atoms with van der Waals surface area (Å²) in [6, 6.07) is 6.11. The Morgan fingerprint density at radius 3 is 2.82 bits per heavy atom. The molecule has 1 heterocycles. The van der Waals surface area contributed by atoms with Gasteiger partial charge >= 0.3 is 0 Å². The number of carbonyl (C=O) groups excluding carboxylic acids is 1. The lowest BCUT2D eigenvalue weighted by atomic mass is 10.2. The molecule has 4 heteroatoms. The minimum Gasteiger partial charge on any atom is -0.342 e. The van der Waals surface area contributed by atoms with E-state index >= 15 is 0 Å². The maximum absolute atomic E-state index is 11.6. The maximum Gasteiger partial charge on any atom is 0.236 e. The highest BCUT2D eigenvalue weighted by Gasteiger charge is 2.10. The lowest BCUT2D eigenvalue weighted by molar-refractivity contribution is -0.130. The molecular weight excluding hydrogens is 214 g/mol. The van der Waals surface area contributed by atoms with Crippen molar-refractivity contribution in [3.8, 4) is 0 Å². The van der Waals surface area contributed by atoms with Crippen LogP contribution in [0.15, 0.2) is 24.4 Å². The minimum absolute atomic E-state index is 0.126. The monoisotopic (exact) mass is 235 g/mol. The Morgan fingerprint density at radius 1 is 1.47 bits per heavy atom. The van der Waals surface area contributed by atoms with Crippen molar-refractivity contribution in [2.75, 3.05) is 20.1 Å². The molecular formula is C13H21N3O. The molecule has 1 aromatic rings. The number of nitrogens with one attached hydrogen (secondary N) is 1. The van der Waals surface area contributed by atoms with Crippen molar-refractivity contribution in [3.63, 3.8) is 0 Å². The molecule has 4 nitrogen and oxygen atoms in total. The molecule has 0 aromatic carbocycles. The van der Waals surface area contributed by atoms with E-state index in [0.717, 1.165) is 18.7 Å². The van der Waals surface area contributed by atoms with Gasteiger partial charge in [0.05, 0.1) is 6.54 Å². The van der Waals surface area contributed by atoms with Crippen LogP contribution in [0.25, 0.3) is 0 Å². The third kappa shape index (κ3) is 4.95. The quantitative estimate of drug-likeness (QED) is 0.750. The van der Waals surface area contributed by atoms with Crippen molar-refractivity contribution in [2.24, 2.45) is 0 Å². The Hall–Kier alpha value is -1.42. The summed E-state index contributed by atoms with van der Waals surface area (Å²) >= 11 is 0. The van der Waals surface area contributed by atoms with Gasteiger partial charge in [0.1, 0.15) is 0 Å². The molecule has 1 rings (SSSR count). The summed E-state index contributed by atoms with van der Waals surface area (Å²) in [6.45, 7) is 5.17. The largest absolute Gasteiger partial charge is 0.342 e. The Balaban J connectivity index is 2.18. The lowest BCUT2D eigenvalue weighted by Gasteiger charge is -2.21. The Kier molecular flexibility index (Phi) is 5.63. The first kappa shape index (κ1) is 13.6. The van der Waals surface area contributed by atoms with Gasteiger partial charge in [0.2, 0.25) is 5.91 Å². The summed E-state index contributed by atoms with van der Waals surface area (Å²) < 4.78 is 0. The predicted molar refractivity (Wildman–Crippen MR) is 68.7 cm³/mol. The van der Waals surface area contributed by atoms with E-state index < -0.39 is 0 Å². The van der Waals surface area contributed by atoms with Gasteiger partial charge in [-0.15, -0.1) is 0 Å². The molecule has 0 atom stereocenters. The first-order valence-corrected chi connectivity index (χ1v) is 5.97. The van der Waals surface area contributed by atoms with E-state index in [-0.39, 0.29) is 11.9 Å². The van der Waals surface area contributed by atoms with Crippen molar-refractivity contribution in [2.45, 2.75) is 26.3 Å². The average molecular weight is 235 g/mol. The van der Waals surface area contributed by atoms with Gasteiger partial charge in [-0.2, -0.15) is 0 Å². The zero-order valence-corrected chi connectivity index (χ0v) is 10.8. The molecule has 1 amide bonds. The molecule has 0 bridgehead atoms. The van der Waals surface area contributed by atoms with E-state index in [0.29, 0.717) is 6.54 Å². The van der Waals surface area contributed by atoms with Gasteiger partial charge in [-0.05, 0) is 26.0 Å². The van der Waals surface area contributed by atoms with Gasteiger partial charge in [0.15, 0.2) is 0 Å². The highest BCUT2D eigenvalue weighted by molar-refractivity contribution is 5.78. The number of amides is 1. The van der Waals surface area contributed by atoms with Crippen molar-refractivity contribution in [1.82, 2.24) is 15.2 Å². The number of hydrogen-bond donors (Lipinski definition) is 1. The fourth-order valence-electron chi connectivity index (χ4n) is 1.37. The van der Waals surface area contributed by atoms with E-state index in [4.69, 9.17) is 0 Å². The second-order valence-electron chi connectivity index (χ2n) is 4.35. The van der Waals surface area contributed by atoms with Crippen molar-refractivity contribution in [3.05, 3.63) is 30.1 Å². The van der Waals surface area contributed by atoms with E-state index in [2.05, 4.69) is 10.3 Å². The van der Waals surface area contributed by atoms with Crippen molar-refractivity contribution < 1.29 is 4.79 Å². The summed E-state index contributed by atoms with van der Waals surface area (Å²) in [5, 5.41) is 3.14. The number of rotatable bonds is 6. The number of hydrogen-bond acceptors (Lipinski definition) is 3. The average Bonchev–Trinajstić information content (AvgIpc) is 2.34. The number of pyridine rings is 1. The summed E-state index contributed by atoms with van der Waals surface area (Å²) in [4.78, 5) is 17.6. The van der Waals surface area contributed by atoms with Crippen LogP contribution >= 0.6 is 0 Å². The van der Waals surface area contributed by atoms with E-state index in [1.807, 2.05) is 39.1 Å².